The number of anilines is 1. The van der Waals surface area contributed by atoms with Crippen LogP contribution in [0, 0.1) is 0 Å². The maximum absolute atomic E-state index is 13.9. The summed E-state index contributed by atoms with van der Waals surface area (Å²) >= 11 is 18.7. The molecule has 3 aromatic rings. The van der Waals surface area contributed by atoms with Crippen molar-refractivity contribution in [2.45, 2.75) is 44.2 Å². The van der Waals surface area contributed by atoms with E-state index >= 15 is 0 Å². The highest BCUT2D eigenvalue weighted by atomic mass is 35.5. The van der Waals surface area contributed by atoms with Crippen molar-refractivity contribution in [3.05, 3.63) is 93.4 Å². The molecule has 0 aliphatic rings. The number of halogens is 3. The molecule has 3 rings (SSSR count). The lowest BCUT2D eigenvalue weighted by atomic mass is 10.1. The number of hydrogen-bond acceptors (Lipinski definition) is 4. The van der Waals surface area contributed by atoms with Gasteiger partial charge in [0.05, 0.1) is 20.6 Å². The molecular weight excluding hydrogens is 581 g/mol. The number of nitrogens with zero attached hydrogens (tertiary/aromatic N) is 2. The van der Waals surface area contributed by atoms with Gasteiger partial charge in [-0.25, -0.2) is 8.42 Å². The zero-order valence-corrected chi connectivity index (χ0v) is 24.7. The van der Waals surface area contributed by atoms with E-state index in [-0.39, 0.29) is 33.1 Å². The van der Waals surface area contributed by atoms with Crippen LogP contribution in [-0.4, -0.2) is 44.3 Å². The van der Waals surface area contributed by atoms with Crippen LogP contribution in [0.15, 0.2) is 77.7 Å². The number of sulfonamides is 1. The zero-order valence-electron chi connectivity index (χ0n) is 21.6. The summed E-state index contributed by atoms with van der Waals surface area (Å²) in [5.41, 5.74) is 0.770. The number of hydrogen-bond donors (Lipinski definition) is 1. The zero-order chi connectivity index (χ0) is 28.6. The van der Waals surface area contributed by atoms with E-state index in [4.69, 9.17) is 34.8 Å². The fraction of sp³-hybridized carbons (Fsp3) is 0.286. The molecule has 7 nitrogen and oxygen atoms in total. The van der Waals surface area contributed by atoms with E-state index in [1.807, 2.05) is 6.92 Å². The van der Waals surface area contributed by atoms with Crippen molar-refractivity contribution in [3.63, 3.8) is 0 Å². The van der Waals surface area contributed by atoms with Crippen LogP contribution in [-0.2, 0) is 26.2 Å². The molecule has 0 fully saturated rings. The lowest BCUT2D eigenvalue weighted by Crippen LogP contribution is -2.51. The van der Waals surface area contributed by atoms with Crippen molar-refractivity contribution in [2.24, 2.45) is 0 Å². The molecule has 208 valence electrons. The van der Waals surface area contributed by atoms with E-state index in [1.54, 1.807) is 55.5 Å². The predicted octanol–water partition coefficient (Wildman–Crippen LogP) is 6.18. The number of benzene rings is 3. The topological polar surface area (TPSA) is 86.8 Å². The Hall–Kier alpha value is -2.78. The SMILES string of the molecule is CCCCNC(=O)C(C)N(Cc1ccc(Cl)cc1)C(=O)CN(c1cccc(Cl)c1Cl)S(=O)(=O)c1ccccc1. The number of amides is 2. The largest absolute Gasteiger partial charge is 0.354 e. The second-order valence-electron chi connectivity index (χ2n) is 8.87. The van der Waals surface area contributed by atoms with Crippen LogP contribution >= 0.6 is 34.8 Å². The van der Waals surface area contributed by atoms with Crippen LogP contribution in [0.5, 0.6) is 0 Å². The first-order chi connectivity index (χ1) is 18.6. The maximum Gasteiger partial charge on any atom is 0.264 e. The van der Waals surface area contributed by atoms with Gasteiger partial charge in [0.2, 0.25) is 11.8 Å². The van der Waals surface area contributed by atoms with E-state index in [0.29, 0.717) is 11.6 Å². The number of carbonyl (C=O) groups excluding carboxylic acids is 2. The van der Waals surface area contributed by atoms with Crippen LogP contribution in [0.25, 0.3) is 0 Å². The molecule has 0 aromatic heterocycles. The third kappa shape index (κ3) is 7.88. The van der Waals surface area contributed by atoms with E-state index in [0.717, 1.165) is 22.7 Å². The van der Waals surface area contributed by atoms with Gasteiger partial charge in [-0.3, -0.25) is 13.9 Å². The summed E-state index contributed by atoms with van der Waals surface area (Å²) in [4.78, 5) is 28.2. The highest BCUT2D eigenvalue weighted by Crippen LogP contribution is 2.35. The van der Waals surface area contributed by atoms with Crippen molar-refractivity contribution in [1.82, 2.24) is 10.2 Å². The van der Waals surface area contributed by atoms with Gasteiger partial charge < -0.3 is 10.2 Å². The fourth-order valence-corrected chi connectivity index (χ4v) is 5.84. The first kappa shape index (κ1) is 30.8. The Bertz CT molecular complexity index is 1390. The lowest BCUT2D eigenvalue weighted by Gasteiger charge is -2.32. The molecule has 0 spiro atoms. The minimum atomic E-state index is -4.24. The van der Waals surface area contributed by atoms with E-state index in [9.17, 15) is 18.0 Å². The molecule has 0 saturated heterocycles. The molecule has 1 atom stereocenters. The van der Waals surface area contributed by atoms with E-state index < -0.39 is 28.5 Å². The van der Waals surface area contributed by atoms with E-state index in [2.05, 4.69) is 5.32 Å². The second kappa shape index (κ2) is 14.0. The Morgan fingerprint density at radius 3 is 2.23 bits per heavy atom. The third-order valence-corrected chi connectivity index (χ3v) is 8.91. The van der Waals surface area contributed by atoms with Crippen molar-refractivity contribution < 1.29 is 18.0 Å². The molecule has 0 radical (unpaired) electrons. The van der Waals surface area contributed by atoms with Gasteiger partial charge >= 0.3 is 0 Å². The minimum Gasteiger partial charge on any atom is -0.354 e. The summed E-state index contributed by atoms with van der Waals surface area (Å²) in [5.74, 6) is -0.942. The van der Waals surface area contributed by atoms with Gasteiger partial charge in [-0.1, -0.05) is 84.5 Å². The monoisotopic (exact) mass is 609 g/mol. The Kier molecular flexibility index (Phi) is 11.1. The molecule has 0 bridgehead atoms. The molecule has 1 unspecified atom stereocenters. The molecule has 0 aliphatic heterocycles. The molecule has 1 N–H and O–H groups in total. The number of rotatable bonds is 12. The number of unbranched alkanes of at least 4 members (excludes halogenated alkanes) is 1. The second-order valence-corrected chi connectivity index (χ2v) is 12.0. The first-order valence-corrected chi connectivity index (χ1v) is 15.0. The number of nitrogens with one attached hydrogen (secondary N) is 1. The average molecular weight is 611 g/mol. The highest BCUT2D eigenvalue weighted by Gasteiger charge is 2.33. The summed E-state index contributed by atoms with van der Waals surface area (Å²) < 4.78 is 28.5. The van der Waals surface area contributed by atoms with Gasteiger partial charge in [0, 0.05) is 18.1 Å². The standard InChI is InChI=1S/C28H30Cl3N3O4S/c1-3-4-17-32-28(36)20(2)33(18-21-13-15-22(29)16-14-21)26(35)19-34(25-12-8-11-24(30)27(25)31)39(37,38)23-9-6-5-7-10-23/h5-16,20H,3-4,17-19H2,1-2H3,(H,32,36). The maximum atomic E-state index is 13.9. The summed E-state index contributed by atoms with van der Waals surface area (Å²) in [6.07, 6.45) is 1.69. The Morgan fingerprint density at radius 1 is 0.923 bits per heavy atom. The van der Waals surface area contributed by atoms with Crippen molar-refractivity contribution >= 4 is 62.3 Å². The van der Waals surface area contributed by atoms with Gasteiger partial charge in [0.15, 0.2) is 0 Å². The van der Waals surface area contributed by atoms with Crippen molar-refractivity contribution in [2.75, 3.05) is 17.4 Å². The fourth-order valence-electron chi connectivity index (χ4n) is 3.82. The summed E-state index contributed by atoms with van der Waals surface area (Å²) in [7, 11) is -4.24. The molecule has 39 heavy (non-hydrogen) atoms. The van der Waals surface area contributed by atoms with Crippen molar-refractivity contribution in [1.29, 1.82) is 0 Å². The first-order valence-electron chi connectivity index (χ1n) is 12.4. The van der Waals surface area contributed by atoms with Gasteiger partial charge in [-0.15, -0.1) is 0 Å². The lowest BCUT2D eigenvalue weighted by molar-refractivity contribution is -0.139. The van der Waals surface area contributed by atoms with Gasteiger partial charge in [0.25, 0.3) is 10.0 Å². The van der Waals surface area contributed by atoms with Crippen LogP contribution in [0.1, 0.15) is 32.3 Å². The molecule has 3 aromatic carbocycles. The smallest absolute Gasteiger partial charge is 0.264 e. The Morgan fingerprint density at radius 2 is 1.59 bits per heavy atom. The quantitative estimate of drug-likeness (QED) is 0.248. The van der Waals surface area contributed by atoms with Gasteiger partial charge in [0.1, 0.15) is 12.6 Å². The number of carbonyl (C=O) groups is 2. The third-order valence-electron chi connectivity index (χ3n) is 6.07. The van der Waals surface area contributed by atoms with Crippen LogP contribution in [0.2, 0.25) is 15.1 Å². The van der Waals surface area contributed by atoms with E-state index in [1.165, 1.54) is 29.2 Å². The van der Waals surface area contributed by atoms with Gasteiger partial charge in [-0.05, 0) is 55.3 Å². The molecular formula is C28H30Cl3N3O4S. The highest BCUT2D eigenvalue weighted by molar-refractivity contribution is 7.92. The van der Waals surface area contributed by atoms with Crippen LogP contribution in [0.3, 0.4) is 0 Å². The Balaban J connectivity index is 2.02. The summed E-state index contributed by atoms with van der Waals surface area (Å²) in [6, 6.07) is 18.3. The molecule has 2 amide bonds. The normalized spacial score (nSPS) is 12.0. The average Bonchev–Trinajstić information content (AvgIpc) is 2.93. The van der Waals surface area contributed by atoms with Gasteiger partial charge in [-0.2, -0.15) is 0 Å². The summed E-state index contributed by atoms with van der Waals surface area (Å²) in [5, 5.41) is 3.50. The molecule has 0 saturated carbocycles. The van der Waals surface area contributed by atoms with Crippen molar-refractivity contribution in [3.8, 4) is 0 Å². The molecule has 0 aliphatic carbocycles. The van der Waals surface area contributed by atoms with Crippen LogP contribution in [0.4, 0.5) is 5.69 Å². The molecule has 11 heteroatoms. The summed E-state index contributed by atoms with van der Waals surface area (Å²) in [6.45, 7) is 3.53. The predicted molar refractivity (Wildman–Crippen MR) is 157 cm³/mol. The Labute approximate surface area is 244 Å². The molecule has 0 heterocycles. The minimum absolute atomic E-state index is 0.0129. The van der Waals surface area contributed by atoms with Crippen LogP contribution < -0.4 is 9.62 Å².